The molecule has 1 aromatic heterocycles. The average Bonchev–Trinajstić information content (AvgIpc) is 3.27. The average molecular weight is 520 g/mol. The molecule has 1 heterocycles. The lowest BCUT2D eigenvalue weighted by molar-refractivity contribution is -0.274. The minimum Gasteiger partial charge on any atom is -0.492 e. The van der Waals surface area contributed by atoms with Crippen LogP contribution in [0.4, 0.5) is 24.5 Å². The number of fused-ring (bicyclic) bond motifs is 1. The Morgan fingerprint density at radius 3 is 2.58 bits per heavy atom. The van der Waals surface area contributed by atoms with Crippen LogP contribution in [0.25, 0.3) is 10.9 Å². The summed E-state index contributed by atoms with van der Waals surface area (Å²) in [5.41, 5.74) is 0.992. The van der Waals surface area contributed by atoms with Crippen LogP contribution in [-0.2, 0) is 10.0 Å². The molecule has 9 nitrogen and oxygen atoms in total. The zero-order chi connectivity index (χ0) is 25.9. The third kappa shape index (κ3) is 5.68. The summed E-state index contributed by atoms with van der Waals surface area (Å²) in [4.78, 5) is 12.5. The lowest BCUT2D eigenvalue weighted by Crippen LogP contribution is -2.18. The molecule has 0 radical (unpaired) electrons. The van der Waals surface area contributed by atoms with E-state index < -0.39 is 28.0 Å². The van der Waals surface area contributed by atoms with E-state index in [4.69, 9.17) is 4.74 Å². The van der Waals surface area contributed by atoms with Crippen LogP contribution in [0.15, 0.2) is 71.8 Å². The smallest absolute Gasteiger partial charge is 0.492 e. The Morgan fingerprint density at radius 2 is 1.83 bits per heavy atom. The fraction of sp³-hybridized carbons (Fsp3) is 0.130. The SMILES string of the molecule is CCOc1cc(NC(=O)c2cccc3cn[nH]c23)ccc1S(=O)(=O)Nc1cccc(OC(F)(F)F)c1. The van der Waals surface area contributed by atoms with Crippen molar-refractivity contribution >= 4 is 38.2 Å². The first-order valence-corrected chi connectivity index (χ1v) is 11.9. The molecule has 3 N–H and O–H groups in total. The van der Waals surface area contributed by atoms with E-state index in [1.807, 2.05) is 0 Å². The molecule has 0 aliphatic carbocycles. The number of nitrogens with one attached hydrogen (secondary N) is 3. The number of rotatable bonds is 8. The van der Waals surface area contributed by atoms with Crippen molar-refractivity contribution in [2.24, 2.45) is 0 Å². The van der Waals surface area contributed by atoms with Crippen molar-refractivity contribution in [3.63, 3.8) is 0 Å². The monoisotopic (exact) mass is 520 g/mol. The van der Waals surface area contributed by atoms with Crippen LogP contribution in [0.2, 0.25) is 0 Å². The van der Waals surface area contributed by atoms with Gasteiger partial charge in [0.2, 0.25) is 0 Å². The Bertz CT molecular complexity index is 1520. The summed E-state index contributed by atoms with van der Waals surface area (Å²) in [6.07, 6.45) is -3.35. The van der Waals surface area contributed by atoms with Crippen molar-refractivity contribution in [2.45, 2.75) is 18.2 Å². The van der Waals surface area contributed by atoms with E-state index >= 15 is 0 Å². The topological polar surface area (TPSA) is 122 Å². The van der Waals surface area contributed by atoms with Gasteiger partial charge >= 0.3 is 6.36 Å². The van der Waals surface area contributed by atoms with Gasteiger partial charge in [0.1, 0.15) is 16.4 Å². The summed E-state index contributed by atoms with van der Waals surface area (Å²) in [5, 5.41) is 10.1. The van der Waals surface area contributed by atoms with Crippen LogP contribution in [0.3, 0.4) is 0 Å². The highest BCUT2D eigenvalue weighted by Gasteiger charge is 2.31. The number of aromatic amines is 1. The Morgan fingerprint density at radius 1 is 1.06 bits per heavy atom. The number of benzene rings is 3. The molecule has 0 aliphatic heterocycles. The molecule has 3 aromatic carbocycles. The van der Waals surface area contributed by atoms with Crippen LogP contribution in [0.5, 0.6) is 11.5 Å². The minimum absolute atomic E-state index is 0.0646. The molecule has 13 heteroatoms. The van der Waals surface area contributed by atoms with Crippen LogP contribution >= 0.6 is 0 Å². The van der Waals surface area contributed by atoms with Gasteiger partial charge in [0.25, 0.3) is 15.9 Å². The Labute approximate surface area is 203 Å². The van der Waals surface area contributed by atoms with Crippen molar-refractivity contribution in [1.82, 2.24) is 10.2 Å². The van der Waals surface area contributed by atoms with Crippen LogP contribution in [0.1, 0.15) is 17.3 Å². The number of H-pyrrole nitrogens is 1. The number of amides is 1. The van der Waals surface area contributed by atoms with Crippen molar-refractivity contribution in [3.8, 4) is 11.5 Å². The van der Waals surface area contributed by atoms with Crippen LogP contribution < -0.4 is 19.5 Å². The molecular weight excluding hydrogens is 501 g/mol. The lowest BCUT2D eigenvalue weighted by Gasteiger charge is -2.15. The van der Waals surface area contributed by atoms with Gasteiger partial charge in [-0.3, -0.25) is 14.6 Å². The van der Waals surface area contributed by atoms with Gasteiger partial charge in [0.15, 0.2) is 0 Å². The third-order valence-corrected chi connectivity index (χ3v) is 6.25. The predicted molar refractivity (Wildman–Crippen MR) is 126 cm³/mol. The number of nitrogens with zero attached hydrogens (tertiary/aromatic N) is 1. The molecule has 0 fully saturated rings. The van der Waals surface area contributed by atoms with E-state index in [2.05, 4.69) is 25.0 Å². The first-order chi connectivity index (χ1) is 17.1. The van der Waals surface area contributed by atoms with Crippen molar-refractivity contribution < 1.29 is 35.9 Å². The molecule has 4 rings (SSSR count). The second-order valence-corrected chi connectivity index (χ2v) is 9.02. The predicted octanol–water partition coefficient (Wildman–Crippen LogP) is 4.91. The number of carbonyl (C=O) groups excluding carboxylic acids is 1. The van der Waals surface area contributed by atoms with Crippen molar-refractivity contribution in [3.05, 3.63) is 72.4 Å². The summed E-state index contributed by atoms with van der Waals surface area (Å²) in [7, 11) is -4.28. The van der Waals surface area contributed by atoms with Gasteiger partial charge in [0, 0.05) is 23.2 Å². The molecule has 0 aliphatic rings. The first-order valence-electron chi connectivity index (χ1n) is 10.4. The standard InChI is InChI=1S/C23H19F3N4O5S/c1-2-34-19-12-15(28-22(31)18-8-3-5-14-13-27-29-21(14)18)9-10-20(19)36(32,33)30-16-6-4-7-17(11-16)35-23(24,25)26/h3-13,30H,2H2,1H3,(H,27,29)(H,28,31). The fourth-order valence-corrected chi connectivity index (χ4v) is 4.58. The maximum absolute atomic E-state index is 13.0. The maximum atomic E-state index is 13.0. The number of aromatic nitrogens is 2. The highest BCUT2D eigenvalue weighted by Crippen LogP contribution is 2.31. The second kappa shape index (κ2) is 9.77. The number of ether oxygens (including phenoxy) is 2. The summed E-state index contributed by atoms with van der Waals surface area (Å²) in [5.74, 6) is -1.11. The number of hydrogen-bond donors (Lipinski definition) is 3. The van der Waals surface area contributed by atoms with E-state index in [-0.39, 0.29) is 28.6 Å². The zero-order valence-corrected chi connectivity index (χ0v) is 19.4. The van der Waals surface area contributed by atoms with E-state index in [0.717, 1.165) is 17.5 Å². The quantitative estimate of drug-likeness (QED) is 0.303. The summed E-state index contributed by atoms with van der Waals surface area (Å²) < 4.78 is 75.0. The zero-order valence-electron chi connectivity index (χ0n) is 18.6. The molecule has 36 heavy (non-hydrogen) atoms. The lowest BCUT2D eigenvalue weighted by atomic mass is 10.1. The van der Waals surface area contributed by atoms with Gasteiger partial charge in [-0.2, -0.15) is 5.10 Å². The van der Waals surface area contributed by atoms with Crippen molar-refractivity contribution in [2.75, 3.05) is 16.6 Å². The van der Waals surface area contributed by atoms with Gasteiger partial charge < -0.3 is 14.8 Å². The number of para-hydroxylation sites is 1. The number of sulfonamides is 1. The summed E-state index contributed by atoms with van der Waals surface area (Å²) in [6.45, 7) is 1.76. The van der Waals surface area contributed by atoms with E-state index in [1.54, 1.807) is 31.3 Å². The molecule has 4 aromatic rings. The van der Waals surface area contributed by atoms with E-state index in [0.29, 0.717) is 11.1 Å². The molecule has 0 bridgehead atoms. The summed E-state index contributed by atoms with van der Waals surface area (Å²) in [6, 6.07) is 13.4. The first kappa shape index (κ1) is 24.9. The van der Waals surface area contributed by atoms with Gasteiger partial charge in [-0.15, -0.1) is 13.2 Å². The maximum Gasteiger partial charge on any atom is 0.573 e. The van der Waals surface area contributed by atoms with Gasteiger partial charge in [-0.05, 0) is 37.3 Å². The Kier molecular flexibility index (Phi) is 6.75. The molecule has 0 saturated heterocycles. The third-order valence-electron chi connectivity index (χ3n) is 4.83. The Balaban J connectivity index is 1.59. The van der Waals surface area contributed by atoms with Gasteiger partial charge in [-0.25, -0.2) is 8.42 Å². The second-order valence-electron chi connectivity index (χ2n) is 7.37. The molecule has 0 unspecified atom stereocenters. The number of carbonyl (C=O) groups is 1. The van der Waals surface area contributed by atoms with Gasteiger partial charge in [-0.1, -0.05) is 18.2 Å². The minimum atomic E-state index is -4.93. The molecule has 0 atom stereocenters. The van der Waals surface area contributed by atoms with Gasteiger partial charge in [0.05, 0.1) is 29.6 Å². The molecule has 0 spiro atoms. The molecule has 188 valence electrons. The normalized spacial score (nSPS) is 11.8. The number of hydrogen-bond acceptors (Lipinski definition) is 6. The Hall–Kier alpha value is -4.26. The van der Waals surface area contributed by atoms with Crippen LogP contribution in [-0.4, -0.2) is 37.5 Å². The van der Waals surface area contributed by atoms with E-state index in [1.165, 1.54) is 30.3 Å². The highest BCUT2D eigenvalue weighted by atomic mass is 32.2. The molecule has 1 amide bonds. The van der Waals surface area contributed by atoms with E-state index in [9.17, 15) is 26.4 Å². The number of alkyl halides is 3. The largest absolute Gasteiger partial charge is 0.573 e. The van der Waals surface area contributed by atoms with Crippen LogP contribution in [0, 0.1) is 0 Å². The number of anilines is 2. The number of halogens is 3. The highest BCUT2D eigenvalue weighted by molar-refractivity contribution is 7.92. The molecule has 0 saturated carbocycles. The fourth-order valence-electron chi connectivity index (χ4n) is 3.40. The summed E-state index contributed by atoms with van der Waals surface area (Å²) >= 11 is 0. The molecular formula is C23H19F3N4O5S. The van der Waals surface area contributed by atoms with Crippen molar-refractivity contribution in [1.29, 1.82) is 0 Å².